The second kappa shape index (κ2) is 5.38. The van der Waals surface area contributed by atoms with Gasteiger partial charge in [0.25, 0.3) is 5.91 Å². The van der Waals surface area contributed by atoms with Crippen molar-refractivity contribution in [3.05, 3.63) is 34.2 Å². The van der Waals surface area contributed by atoms with Crippen LogP contribution in [0.5, 0.6) is 0 Å². The molecule has 1 aromatic heterocycles. The summed E-state index contributed by atoms with van der Waals surface area (Å²) in [6, 6.07) is 3.29. The zero-order valence-electron chi connectivity index (χ0n) is 11.0. The predicted octanol–water partition coefficient (Wildman–Crippen LogP) is 2.03. The van der Waals surface area contributed by atoms with Crippen LogP contribution in [0.25, 0.3) is 0 Å². The van der Waals surface area contributed by atoms with Crippen LogP contribution in [0.15, 0.2) is 23.1 Å². The van der Waals surface area contributed by atoms with E-state index < -0.39 is 0 Å². The number of carbonyl (C=O) groups is 1. The van der Waals surface area contributed by atoms with Gasteiger partial charge in [-0.15, -0.1) is 0 Å². The normalized spacial score (nSPS) is 24.0. The molecule has 1 aliphatic rings. The lowest BCUT2D eigenvalue weighted by atomic mass is 9.91. The molecule has 4 heteroatoms. The molecule has 0 radical (unpaired) electrons. The highest BCUT2D eigenvalue weighted by molar-refractivity contribution is 5.94. The van der Waals surface area contributed by atoms with E-state index in [4.69, 9.17) is 0 Å². The summed E-state index contributed by atoms with van der Waals surface area (Å²) in [4.78, 5) is 27.9. The van der Waals surface area contributed by atoms with Crippen molar-refractivity contribution in [1.82, 2.24) is 9.88 Å². The molecule has 1 saturated heterocycles. The zero-order valence-corrected chi connectivity index (χ0v) is 11.0. The van der Waals surface area contributed by atoms with Crippen molar-refractivity contribution < 1.29 is 4.79 Å². The highest BCUT2D eigenvalue weighted by Crippen LogP contribution is 2.25. The molecule has 2 rings (SSSR count). The number of H-pyrrole nitrogens is 1. The molecule has 1 aromatic rings. The minimum Gasteiger partial charge on any atom is -0.336 e. The van der Waals surface area contributed by atoms with Gasteiger partial charge in [-0.05, 0) is 31.7 Å². The number of pyridine rings is 1. The average Bonchev–Trinajstić information content (AvgIpc) is 2.39. The summed E-state index contributed by atoms with van der Waals surface area (Å²) in [6.07, 6.45) is 4.88. The number of carbonyl (C=O) groups excluding carboxylic acids is 1. The SMILES string of the molecule is CCC1CCC(C)N(C(=O)c2ccc(=O)[nH]c2)C1. The third kappa shape index (κ3) is 2.63. The highest BCUT2D eigenvalue weighted by atomic mass is 16.2. The highest BCUT2D eigenvalue weighted by Gasteiger charge is 2.28. The van der Waals surface area contributed by atoms with Gasteiger partial charge in [0.15, 0.2) is 0 Å². The molecular weight excluding hydrogens is 228 g/mol. The summed E-state index contributed by atoms with van der Waals surface area (Å²) in [5, 5.41) is 0. The minimum absolute atomic E-state index is 0.0249. The van der Waals surface area contributed by atoms with Crippen molar-refractivity contribution >= 4 is 5.91 Å². The van der Waals surface area contributed by atoms with Crippen LogP contribution in [0.1, 0.15) is 43.5 Å². The van der Waals surface area contributed by atoms with E-state index in [9.17, 15) is 9.59 Å². The van der Waals surface area contributed by atoms with Crippen LogP contribution in [-0.2, 0) is 0 Å². The van der Waals surface area contributed by atoms with E-state index in [-0.39, 0.29) is 17.5 Å². The second-order valence-corrected chi connectivity index (χ2v) is 5.10. The van der Waals surface area contributed by atoms with Gasteiger partial charge in [-0.25, -0.2) is 0 Å². The van der Waals surface area contributed by atoms with Crippen molar-refractivity contribution in [2.45, 2.75) is 39.2 Å². The number of rotatable bonds is 2. The maximum atomic E-state index is 12.4. The van der Waals surface area contributed by atoms with Gasteiger partial charge in [0, 0.05) is 24.8 Å². The summed E-state index contributed by atoms with van der Waals surface area (Å²) in [5.74, 6) is 0.629. The molecule has 1 amide bonds. The molecule has 98 valence electrons. The molecule has 18 heavy (non-hydrogen) atoms. The zero-order chi connectivity index (χ0) is 13.1. The van der Waals surface area contributed by atoms with Gasteiger partial charge in [0.1, 0.15) is 0 Å². The van der Waals surface area contributed by atoms with Gasteiger partial charge in [-0.1, -0.05) is 13.3 Å². The Hall–Kier alpha value is -1.58. The second-order valence-electron chi connectivity index (χ2n) is 5.10. The molecule has 0 saturated carbocycles. The molecule has 1 aliphatic heterocycles. The van der Waals surface area contributed by atoms with Crippen molar-refractivity contribution in [2.24, 2.45) is 5.92 Å². The Balaban J connectivity index is 2.16. The van der Waals surface area contributed by atoms with E-state index in [0.29, 0.717) is 11.5 Å². The number of nitrogens with one attached hydrogen (secondary N) is 1. The number of likely N-dealkylation sites (tertiary alicyclic amines) is 1. The van der Waals surface area contributed by atoms with Gasteiger partial charge in [-0.2, -0.15) is 0 Å². The molecule has 2 atom stereocenters. The van der Waals surface area contributed by atoms with Crippen molar-refractivity contribution in [3.63, 3.8) is 0 Å². The molecule has 2 unspecified atom stereocenters. The maximum Gasteiger partial charge on any atom is 0.255 e. The first kappa shape index (κ1) is 12.9. The Kier molecular flexibility index (Phi) is 3.84. The number of piperidine rings is 1. The summed E-state index contributed by atoms with van der Waals surface area (Å²) in [7, 11) is 0. The summed E-state index contributed by atoms with van der Waals surface area (Å²) >= 11 is 0. The molecular formula is C14H20N2O2. The topological polar surface area (TPSA) is 53.2 Å². The van der Waals surface area contributed by atoms with Crippen LogP contribution in [0.3, 0.4) is 0 Å². The molecule has 0 aliphatic carbocycles. The lowest BCUT2D eigenvalue weighted by molar-refractivity contribution is 0.0556. The van der Waals surface area contributed by atoms with Crippen LogP contribution in [0, 0.1) is 5.92 Å². The fourth-order valence-corrected chi connectivity index (χ4v) is 2.51. The van der Waals surface area contributed by atoms with E-state index in [2.05, 4.69) is 18.8 Å². The van der Waals surface area contributed by atoms with Crippen LogP contribution >= 0.6 is 0 Å². The van der Waals surface area contributed by atoms with Gasteiger partial charge in [0.2, 0.25) is 5.56 Å². The van der Waals surface area contributed by atoms with Crippen LogP contribution in [0.2, 0.25) is 0 Å². The smallest absolute Gasteiger partial charge is 0.255 e. The predicted molar refractivity (Wildman–Crippen MR) is 70.6 cm³/mol. The minimum atomic E-state index is -0.176. The Morgan fingerprint density at radius 1 is 1.44 bits per heavy atom. The fraction of sp³-hybridized carbons (Fsp3) is 0.571. The molecule has 1 fully saturated rings. The molecule has 0 spiro atoms. The molecule has 0 aromatic carbocycles. The first-order chi connectivity index (χ1) is 8.61. The number of aromatic amines is 1. The number of hydrogen-bond donors (Lipinski definition) is 1. The lowest BCUT2D eigenvalue weighted by Gasteiger charge is -2.37. The Morgan fingerprint density at radius 3 is 2.83 bits per heavy atom. The van der Waals surface area contributed by atoms with E-state index in [1.54, 1.807) is 6.07 Å². The van der Waals surface area contributed by atoms with Gasteiger partial charge >= 0.3 is 0 Å². The number of amides is 1. The Bertz CT molecular complexity index is 460. The van der Waals surface area contributed by atoms with Crippen molar-refractivity contribution in [2.75, 3.05) is 6.54 Å². The molecule has 2 heterocycles. The number of hydrogen-bond acceptors (Lipinski definition) is 2. The monoisotopic (exact) mass is 248 g/mol. The summed E-state index contributed by atoms with van der Waals surface area (Å²) in [6.45, 7) is 5.09. The largest absolute Gasteiger partial charge is 0.336 e. The van der Waals surface area contributed by atoms with E-state index >= 15 is 0 Å². The lowest BCUT2D eigenvalue weighted by Crippen LogP contribution is -2.45. The Labute approximate surface area is 107 Å². The van der Waals surface area contributed by atoms with E-state index in [1.807, 2.05) is 4.90 Å². The molecule has 0 bridgehead atoms. The fourth-order valence-electron chi connectivity index (χ4n) is 2.51. The third-order valence-corrected chi connectivity index (χ3v) is 3.85. The van der Waals surface area contributed by atoms with E-state index in [0.717, 1.165) is 19.4 Å². The van der Waals surface area contributed by atoms with Crippen molar-refractivity contribution in [1.29, 1.82) is 0 Å². The van der Waals surface area contributed by atoms with Crippen LogP contribution in [-0.4, -0.2) is 28.4 Å². The Morgan fingerprint density at radius 2 is 2.22 bits per heavy atom. The molecule has 4 nitrogen and oxygen atoms in total. The summed E-state index contributed by atoms with van der Waals surface area (Å²) < 4.78 is 0. The first-order valence-electron chi connectivity index (χ1n) is 6.61. The van der Waals surface area contributed by atoms with Crippen LogP contribution in [0.4, 0.5) is 0 Å². The van der Waals surface area contributed by atoms with Crippen LogP contribution < -0.4 is 5.56 Å². The van der Waals surface area contributed by atoms with Gasteiger partial charge in [-0.3, -0.25) is 9.59 Å². The number of aromatic nitrogens is 1. The standard InChI is InChI=1S/C14H20N2O2/c1-3-11-5-4-10(2)16(9-11)14(18)12-6-7-13(17)15-8-12/h6-8,10-11H,3-5,9H2,1-2H3,(H,15,17). The molecule has 1 N–H and O–H groups in total. The maximum absolute atomic E-state index is 12.4. The first-order valence-corrected chi connectivity index (χ1v) is 6.61. The summed E-state index contributed by atoms with van der Waals surface area (Å²) in [5.41, 5.74) is 0.392. The number of nitrogens with zero attached hydrogens (tertiary/aromatic N) is 1. The van der Waals surface area contributed by atoms with Gasteiger partial charge in [0.05, 0.1) is 5.56 Å². The van der Waals surface area contributed by atoms with Crippen molar-refractivity contribution in [3.8, 4) is 0 Å². The van der Waals surface area contributed by atoms with Gasteiger partial charge < -0.3 is 9.88 Å². The quantitative estimate of drug-likeness (QED) is 0.870. The van der Waals surface area contributed by atoms with E-state index in [1.165, 1.54) is 18.7 Å². The average molecular weight is 248 g/mol. The third-order valence-electron chi connectivity index (χ3n) is 3.85.